The molecular formula is C20H24N4O4. The molecule has 1 aliphatic heterocycles. The van der Waals surface area contributed by atoms with Crippen molar-refractivity contribution < 1.29 is 14.8 Å². The Kier molecular flexibility index (Phi) is 6.10. The maximum atomic E-state index is 11.7. The van der Waals surface area contributed by atoms with Crippen LogP contribution in [0, 0.1) is 10.1 Å². The van der Waals surface area contributed by atoms with Crippen LogP contribution in [-0.4, -0.2) is 60.7 Å². The average Bonchev–Trinajstić information content (AvgIpc) is 2.69. The maximum absolute atomic E-state index is 11.7. The molecule has 0 unspecified atom stereocenters. The number of nitro groups is 1. The first-order valence-electron chi connectivity index (χ1n) is 9.19. The number of benzene rings is 2. The largest absolute Gasteiger partial charge is 0.481 e. The van der Waals surface area contributed by atoms with Crippen LogP contribution < -0.4 is 10.2 Å². The number of likely N-dealkylation sites (N-methyl/N-ethyl adjacent to an activating group) is 1. The summed E-state index contributed by atoms with van der Waals surface area (Å²) in [6.07, 6.45) is 0. The summed E-state index contributed by atoms with van der Waals surface area (Å²) in [6, 6.07) is 13.8. The number of piperazine rings is 1. The second-order valence-corrected chi connectivity index (χ2v) is 6.93. The van der Waals surface area contributed by atoms with Crippen molar-refractivity contribution in [1.82, 2.24) is 4.90 Å². The third-order valence-corrected chi connectivity index (χ3v) is 5.04. The Labute approximate surface area is 163 Å². The molecule has 0 aromatic heterocycles. The van der Waals surface area contributed by atoms with Crippen molar-refractivity contribution in [3.63, 3.8) is 0 Å². The van der Waals surface area contributed by atoms with Crippen molar-refractivity contribution >= 4 is 23.0 Å². The van der Waals surface area contributed by atoms with E-state index >= 15 is 0 Å². The highest BCUT2D eigenvalue weighted by Gasteiger charge is 2.23. The molecule has 148 valence electrons. The Hall–Kier alpha value is -3.13. The van der Waals surface area contributed by atoms with E-state index in [0.717, 1.165) is 31.9 Å². The van der Waals surface area contributed by atoms with Gasteiger partial charge >= 0.3 is 5.97 Å². The Balaban J connectivity index is 1.81. The van der Waals surface area contributed by atoms with Gasteiger partial charge in [0.15, 0.2) is 0 Å². The van der Waals surface area contributed by atoms with E-state index in [1.54, 1.807) is 36.4 Å². The molecule has 1 atom stereocenters. The Morgan fingerprint density at radius 2 is 1.86 bits per heavy atom. The molecule has 2 aromatic rings. The van der Waals surface area contributed by atoms with Gasteiger partial charge in [-0.2, -0.15) is 0 Å². The van der Waals surface area contributed by atoms with Crippen LogP contribution in [0.25, 0.3) is 0 Å². The molecule has 2 aromatic carbocycles. The van der Waals surface area contributed by atoms with Crippen molar-refractivity contribution in [2.75, 3.05) is 50.0 Å². The summed E-state index contributed by atoms with van der Waals surface area (Å²) in [6.45, 7) is 3.60. The second-order valence-electron chi connectivity index (χ2n) is 6.93. The molecule has 1 fully saturated rings. The summed E-state index contributed by atoms with van der Waals surface area (Å²) in [5.41, 5.74) is 1.83. The van der Waals surface area contributed by atoms with Gasteiger partial charge in [0.2, 0.25) is 0 Å². The number of hydrogen-bond acceptors (Lipinski definition) is 6. The Morgan fingerprint density at radius 1 is 1.18 bits per heavy atom. The normalized spacial score (nSPS) is 15.8. The van der Waals surface area contributed by atoms with E-state index < -0.39 is 16.8 Å². The van der Waals surface area contributed by atoms with Crippen LogP contribution in [0.2, 0.25) is 0 Å². The quantitative estimate of drug-likeness (QED) is 0.559. The number of nitrogens with one attached hydrogen (secondary N) is 1. The zero-order chi connectivity index (χ0) is 20.1. The lowest BCUT2D eigenvalue weighted by Crippen LogP contribution is -2.44. The van der Waals surface area contributed by atoms with Gasteiger partial charge in [0.25, 0.3) is 5.69 Å². The predicted molar refractivity (Wildman–Crippen MR) is 108 cm³/mol. The van der Waals surface area contributed by atoms with Crippen LogP contribution in [0.15, 0.2) is 48.5 Å². The monoisotopic (exact) mass is 384 g/mol. The van der Waals surface area contributed by atoms with Gasteiger partial charge in [0.1, 0.15) is 5.69 Å². The topological polar surface area (TPSA) is 99.0 Å². The first-order chi connectivity index (χ1) is 13.5. The van der Waals surface area contributed by atoms with Gasteiger partial charge in [0.05, 0.1) is 10.8 Å². The van der Waals surface area contributed by atoms with Crippen LogP contribution in [0.5, 0.6) is 0 Å². The summed E-state index contributed by atoms with van der Waals surface area (Å²) in [4.78, 5) is 27.1. The molecule has 2 N–H and O–H groups in total. The molecule has 0 aliphatic carbocycles. The number of hydrogen-bond donors (Lipinski definition) is 2. The van der Waals surface area contributed by atoms with Crippen LogP contribution in [0.4, 0.5) is 17.1 Å². The first-order valence-corrected chi connectivity index (χ1v) is 9.19. The van der Waals surface area contributed by atoms with E-state index in [1.165, 1.54) is 6.07 Å². The van der Waals surface area contributed by atoms with Gasteiger partial charge in [0, 0.05) is 44.5 Å². The number of carboxylic acid groups (broad SMARTS) is 1. The minimum atomic E-state index is -0.975. The number of carboxylic acids is 1. The molecule has 28 heavy (non-hydrogen) atoms. The molecule has 1 aliphatic rings. The molecule has 0 amide bonds. The van der Waals surface area contributed by atoms with Crippen LogP contribution >= 0.6 is 0 Å². The fourth-order valence-corrected chi connectivity index (χ4v) is 3.33. The van der Waals surface area contributed by atoms with Crippen molar-refractivity contribution in [2.45, 2.75) is 5.92 Å². The van der Waals surface area contributed by atoms with Crippen LogP contribution in [0.1, 0.15) is 11.5 Å². The van der Waals surface area contributed by atoms with Gasteiger partial charge < -0.3 is 20.2 Å². The lowest BCUT2D eigenvalue weighted by molar-refractivity contribution is -0.383. The number of anilines is 2. The fraction of sp³-hybridized carbons (Fsp3) is 0.350. The minimum Gasteiger partial charge on any atom is -0.481 e. The smallest absolute Gasteiger partial charge is 0.312 e. The standard InChI is InChI=1S/C20H24N4O4/c1-22-9-11-23(12-10-22)16-7-8-19(24(27)28)18(13-16)21-14-17(20(25)26)15-5-3-2-4-6-15/h2-8,13,17,21H,9-12,14H2,1H3,(H,25,26)/t17-/m1/s1. The van der Waals surface area contributed by atoms with Gasteiger partial charge in [-0.1, -0.05) is 30.3 Å². The number of aliphatic carboxylic acids is 1. The van der Waals surface area contributed by atoms with Crippen molar-refractivity contribution in [2.24, 2.45) is 0 Å². The lowest BCUT2D eigenvalue weighted by atomic mass is 9.99. The van der Waals surface area contributed by atoms with Gasteiger partial charge in [-0.05, 0) is 24.7 Å². The predicted octanol–water partition coefficient (Wildman–Crippen LogP) is 2.63. The van der Waals surface area contributed by atoms with E-state index in [-0.39, 0.29) is 12.2 Å². The minimum absolute atomic E-state index is 0.0601. The number of rotatable bonds is 7. The molecule has 8 nitrogen and oxygen atoms in total. The Morgan fingerprint density at radius 3 is 2.46 bits per heavy atom. The summed E-state index contributed by atoms with van der Waals surface area (Å²) in [5, 5.41) is 24.0. The summed E-state index contributed by atoms with van der Waals surface area (Å²) < 4.78 is 0. The highest BCUT2D eigenvalue weighted by Crippen LogP contribution is 2.31. The molecule has 8 heteroatoms. The van der Waals surface area contributed by atoms with Crippen molar-refractivity contribution in [3.05, 3.63) is 64.2 Å². The second kappa shape index (κ2) is 8.71. The zero-order valence-electron chi connectivity index (χ0n) is 15.7. The van der Waals surface area contributed by atoms with Crippen LogP contribution in [-0.2, 0) is 4.79 Å². The molecular weight excluding hydrogens is 360 g/mol. The van der Waals surface area contributed by atoms with Gasteiger partial charge in [-0.15, -0.1) is 0 Å². The highest BCUT2D eigenvalue weighted by molar-refractivity contribution is 5.78. The van der Waals surface area contributed by atoms with E-state index in [9.17, 15) is 20.0 Å². The summed E-state index contributed by atoms with van der Waals surface area (Å²) in [5.74, 6) is -1.77. The molecule has 0 radical (unpaired) electrons. The van der Waals surface area contributed by atoms with Gasteiger partial charge in [-0.25, -0.2) is 0 Å². The van der Waals surface area contributed by atoms with E-state index in [2.05, 4.69) is 22.2 Å². The number of nitrogens with zero attached hydrogens (tertiary/aromatic N) is 3. The number of nitro benzene ring substituents is 1. The lowest BCUT2D eigenvalue weighted by Gasteiger charge is -2.34. The number of carbonyl (C=O) groups is 1. The van der Waals surface area contributed by atoms with Gasteiger partial charge in [-0.3, -0.25) is 14.9 Å². The summed E-state index contributed by atoms with van der Waals surface area (Å²) >= 11 is 0. The fourth-order valence-electron chi connectivity index (χ4n) is 3.33. The highest BCUT2D eigenvalue weighted by atomic mass is 16.6. The van der Waals surface area contributed by atoms with Crippen molar-refractivity contribution in [3.8, 4) is 0 Å². The molecule has 3 rings (SSSR count). The Bertz CT molecular complexity index is 835. The van der Waals surface area contributed by atoms with E-state index in [4.69, 9.17) is 0 Å². The van der Waals surface area contributed by atoms with E-state index in [0.29, 0.717) is 11.3 Å². The molecule has 1 heterocycles. The third-order valence-electron chi connectivity index (χ3n) is 5.04. The SMILES string of the molecule is CN1CCN(c2ccc([N+](=O)[O-])c(NC[C@@H](C(=O)O)c3ccccc3)c2)CC1. The first kappa shape index (κ1) is 19.6. The maximum Gasteiger partial charge on any atom is 0.312 e. The van der Waals surface area contributed by atoms with Crippen molar-refractivity contribution in [1.29, 1.82) is 0 Å². The van der Waals surface area contributed by atoms with Crippen LogP contribution in [0.3, 0.4) is 0 Å². The van der Waals surface area contributed by atoms with E-state index in [1.807, 2.05) is 6.07 Å². The molecule has 1 saturated heterocycles. The molecule has 0 spiro atoms. The molecule has 0 saturated carbocycles. The average molecular weight is 384 g/mol. The zero-order valence-corrected chi connectivity index (χ0v) is 15.7. The third kappa shape index (κ3) is 4.58. The summed E-state index contributed by atoms with van der Waals surface area (Å²) in [7, 11) is 2.07. The molecule has 0 bridgehead atoms.